The molecule has 0 aliphatic heterocycles. The predicted octanol–water partition coefficient (Wildman–Crippen LogP) is 15.3. The molecule has 0 unspecified atom stereocenters. The van der Waals surface area contributed by atoms with Gasteiger partial charge in [0, 0.05) is 26.8 Å². The summed E-state index contributed by atoms with van der Waals surface area (Å²) in [7, 11) is 0. The van der Waals surface area contributed by atoms with Crippen LogP contribution >= 0.6 is 11.3 Å². The second-order valence-electron chi connectivity index (χ2n) is 13.7. The first-order valence-corrected chi connectivity index (χ1v) is 19.2. The molecule has 0 saturated heterocycles. The van der Waals surface area contributed by atoms with Crippen LogP contribution in [0.15, 0.2) is 212 Å². The van der Waals surface area contributed by atoms with E-state index in [9.17, 15) is 0 Å². The fraction of sp³-hybridized carbons (Fsp3) is 0. The largest absolute Gasteiger partial charge is 0.309 e. The predicted molar refractivity (Wildman–Crippen MR) is 233 cm³/mol. The summed E-state index contributed by atoms with van der Waals surface area (Å²) in [6.45, 7) is 0. The third-order valence-corrected chi connectivity index (χ3v) is 11.7. The van der Waals surface area contributed by atoms with Gasteiger partial charge in [-0.25, -0.2) is 0 Å². The van der Waals surface area contributed by atoms with E-state index in [4.69, 9.17) is 0 Å². The number of nitrogens with zero attached hydrogens (tertiary/aromatic N) is 1. The van der Waals surface area contributed by atoms with Gasteiger partial charge in [0.1, 0.15) is 0 Å². The number of hydrogen-bond donors (Lipinski definition) is 0. The minimum absolute atomic E-state index is 1.12. The van der Waals surface area contributed by atoms with Crippen LogP contribution in [-0.2, 0) is 0 Å². The van der Waals surface area contributed by atoms with Crippen LogP contribution in [0.25, 0.3) is 75.5 Å². The molecule has 2 heteroatoms. The smallest absolute Gasteiger partial charge is 0.0640 e. The molecule has 254 valence electrons. The second-order valence-corrected chi connectivity index (χ2v) is 14.8. The lowest BCUT2D eigenvalue weighted by Crippen LogP contribution is -2.10. The molecule has 1 aromatic heterocycles. The number of hydrogen-bond acceptors (Lipinski definition) is 2. The average molecular weight is 706 g/mol. The lowest BCUT2D eigenvalue weighted by atomic mass is 9.91. The molecule has 9 aromatic carbocycles. The molecule has 0 radical (unpaired) electrons. The molecule has 0 saturated carbocycles. The quantitative estimate of drug-likeness (QED) is 0.160. The van der Waals surface area contributed by atoms with E-state index >= 15 is 0 Å². The highest BCUT2D eigenvalue weighted by Crippen LogP contribution is 2.46. The van der Waals surface area contributed by atoms with Crippen LogP contribution in [0.2, 0.25) is 0 Å². The van der Waals surface area contributed by atoms with Crippen LogP contribution in [-0.4, -0.2) is 0 Å². The first-order valence-electron chi connectivity index (χ1n) is 18.4. The van der Waals surface area contributed by atoms with Crippen molar-refractivity contribution in [2.75, 3.05) is 4.90 Å². The van der Waals surface area contributed by atoms with E-state index in [1.807, 2.05) is 11.3 Å². The number of benzene rings is 9. The van der Waals surface area contributed by atoms with Crippen LogP contribution in [0.3, 0.4) is 0 Å². The van der Waals surface area contributed by atoms with Gasteiger partial charge in [-0.3, -0.25) is 0 Å². The Kier molecular flexibility index (Phi) is 8.09. The molecular formula is C52H35NS. The van der Waals surface area contributed by atoms with Crippen molar-refractivity contribution in [2.45, 2.75) is 0 Å². The molecule has 0 aliphatic rings. The van der Waals surface area contributed by atoms with Gasteiger partial charge in [0.05, 0.1) is 10.4 Å². The summed E-state index contributed by atoms with van der Waals surface area (Å²) < 4.78 is 2.58. The van der Waals surface area contributed by atoms with Gasteiger partial charge in [-0.05, 0) is 104 Å². The number of rotatable bonds is 7. The van der Waals surface area contributed by atoms with Crippen molar-refractivity contribution in [3.8, 4) is 44.5 Å². The summed E-state index contributed by atoms with van der Waals surface area (Å²) in [6.07, 6.45) is 0. The monoisotopic (exact) mass is 705 g/mol. The Balaban J connectivity index is 1.08. The van der Waals surface area contributed by atoms with Crippen LogP contribution in [0.1, 0.15) is 0 Å². The Bertz CT molecular complexity index is 2890. The van der Waals surface area contributed by atoms with E-state index in [1.165, 1.54) is 81.1 Å². The Labute approximate surface area is 319 Å². The van der Waals surface area contributed by atoms with Gasteiger partial charge in [-0.15, -0.1) is 11.3 Å². The van der Waals surface area contributed by atoms with E-state index in [2.05, 4.69) is 217 Å². The van der Waals surface area contributed by atoms with Crippen LogP contribution in [0.4, 0.5) is 17.1 Å². The van der Waals surface area contributed by atoms with E-state index < -0.39 is 0 Å². The van der Waals surface area contributed by atoms with E-state index in [0.29, 0.717) is 0 Å². The molecule has 0 fully saturated rings. The van der Waals surface area contributed by atoms with Crippen molar-refractivity contribution in [2.24, 2.45) is 0 Å². The Morgan fingerprint density at radius 3 is 1.33 bits per heavy atom. The fourth-order valence-electron chi connectivity index (χ4n) is 7.75. The second kappa shape index (κ2) is 13.7. The third kappa shape index (κ3) is 5.84. The Morgan fingerprint density at radius 2 is 0.741 bits per heavy atom. The van der Waals surface area contributed by atoms with Crippen LogP contribution < -0.4 is 4.90 Å². The Hall–Kier alpha value is -6.74. The number of anilines is 3. The number of thiophene rings is 1. The SMILES string of the molecule is c1ccc(-c2ccc(-c3ccc(N(c4ccc(-c5cc6ccccc6cc5-c5ccccc5)cc4)c4cccc5c4sc4ccccc45)cc3)cc2)cc1. The summed E-state index contributed by atoms with van der Waals surface area (Å²) in [6, 6.07) is 77.1. The highest BCUT2D eigenvalue weighted by Gasteiger charge is 2.19. The zero-order valence-corrected chi connectivity index (χ0v) is 30.4. The standard InChI is InChI=1S/C52H35NS/c1-3-12-36(13-4-1)37-22-24-38(25-23-37)39-26-30-44(31-27-39)53(50-20-11-19-47-46-18-9-10-21-51(46)54-52(47)50)45-32-28-41(29-33-45)49-35-43-17-8-7-16-42(43)34-48(49)40-14-5-2-6-15-40/h1-35H. The Morgan fingerprint density at radius 1 is 0.315 bits per heavy atom. The van der Waals surface area contributed by atoms with Crippen LogP contribution in [0, 0.1) is 0 Å². The van der Waals surface area contributed by atoms with Crippen molar-refractivity contribution in [1.29, 1.82) is 0 Å². The summed E-state index contributed by atoms with van der Waals surface area (Å²) in [5.74, 6) is 0. The lowest BCUT2D eigenvalue weighted by Gasteiger charge is -2.26. The normalized spacial score (nSPS) is 11.3. The lowest BCUT2D eigenvalue weighted by molar-refractivity contribution is 1.30. The van der Waals surface area contributed by atoms with Gasteiger partial charge in [0.2, 0.25) is 0 Å². The zero-order valence-electron chi connectivity index (χ0n) is 29.6. The highest BCUT2D eigenvalue weighted by atomic mass is 32.1. The molecular weight excluding hydrogens is 671 g/mol. The molecule has 0 atom stereocenters. The minimum Gasteiger partial charge on any atom is -0.309 e. The molecule has 0 N–H and O–H groups in total. The third-order valence-electron chi connectivity index (χ3n) is 10.5. The maximum absolute atomic E-state index is 2.42. The molecule has 0 bridgehead atoms. The summed E-state index contributed by atoms with van der Waals surface area (Å²) in [5.41, 5.74) is 13.1. The van der Waals surface area contributed by atoms with E-state index in [0.717, 1.165) is 11.4 Å². The first-order chi connectivity index (χ1) is 26.8. The van der Waals surface area contributed by atoms with E-state index in [1.54, 1.807) is 0 Å². The zero-order chi connectivity index (χ0) is 35.8. The van der Waals surface area contributed by atoms with Gasteiger partial charge >= 0.3 is 0 Å². The highest BCUT2D eigenvalue weighted by molar-refractivity contribution is 7.26. The molecule has 54 heavy (non-hydrogen) atoms. The molecule has 1 heterocycles. The number of fused-ring (bicyclic) bond motifs is 4. The molecule has 0 amide bonds. The fourth-order valence-corrected chi connectivity index (χ4v) is 8.96. The maximum atomic E-state index is 2.42. The molecule has 0 aliphatic carbocycles. The van der Waals surface area contributed by atoms with Gasteiger partial charge in [-0.1, -0.05) is 164 Å². The van der Waals surface area contributed by atoms with Crippen molar-refractivity contribution < 1.29 is 0 Å². The van der Waals surface area contributed by atoms with Gasteiger partial charge in [0.15, 0.2) is 0 Å². The van der Waals surface area contributed by atoms with Crippen molar-refractivity contribution >= 4 is 59.3 Å². The maximum Gasteiger partial charge on any atom is 0.0640 e. The summed E-state index contributed by atoms with van der Waals surface area (Å²) in [5, 5.41) is 5.07. The van der Waals surface area contributed by atoms with E-state index in [-0.39, 0.29) is 0 Å². The molecule has 10 aromatic rings. The van der Waals surface area contributed by atoms with Crippen molar-refractivity contribution in [3.63, 3.8) is 0 Å². The van der Waals surface area contributed by atoms with Crippen LogP contribution in [0.5, 0.6) is 0 Å². The summed E-state index contributed by atoms with van der Waals surface area (Å²) >= 11 is 1.86. The van der Waals surface area contributed by atoms with Gasteiger partial charge < -0.3 is 4.90 Å². The molecule has 1 nitrogen and oxygen atoms in total. The van der Waals surface area contributed by atoms with Crippen molar-refractivity contribution in [3.05, 3.63) is 212 Å². The topological polar surface area (TPSA) is 3.24 Å². The first kappa shape index (κ1) is 32.0. The van der Waals surface area contributed by atoms with Gasteiger partial charge in [-0.2, -0.15) is 0 Å². The van der Waals surface area contributed by atoms with Gasteiger partial charge in [0.25, 0.3) is 0 Å². The average Bonchev–Trinajstić information content (AvgIpc) is 3.64. The summed E-state index contributed by atoms with van der Waals surface area (Å²) in [4.78, 5) is 2.42. The van der Waals surface area contributed by atoms with Crippen molar-refractivity contribution in [1.82, 2.24) is 0 Å². The molecule has 10 rings (SSSR count). The minimum atomic E-state index is 1.12. The molecule has 0 spiro atoms.